The van der Waals surface area contributed by atoms with Crippen molar-refractivity contribution in [1.29, 1.82) is 0 Å². The number of hydrogen-bond acceptors (Lipinski definition) is 4. The summed E-state index contributed by atoms with van der Waals surface area (Å²) in [5.74, 6) is -3.69. The van der Waals surface area contributed by atoms with Gasteiger partial charge in [0.15, 0.2) is 5.82 Å². The Balaban J connectivity index is 1.59. The molecule has 2 heterocycles. The fourth-order valence-corrected chi connectivity index (χ4v) is 5.60. The van der Waals surface area contributed by atoms with E-state index in [1.807, 2.05) is 13.0 Å². The van der Waals surface area contributed by atoms with E-state index in [-0.39, 0.29) is 11.5 Å². The average molecular weight is 469 g/mol. The monoisotopic (exact) mass is 468 g/mol. The molecule has 1 N–H and O–H groups in total. The number of carbonyl (C=O) groups excluding carboxylic acids is 1. The molecule has 5 rings (SSSR count). The number of likely N-dealkylation sites (N-methyl/N-ethyl adjacent to an activating group) is 1. The number of aromatic nitrogens is 2. The topological polar surface area (TPSA) is 58.1 Å². The average Bonchev–Trinajstić information content (AvgIpc) is 3.35. The Labute approximate surface area is 196 Å². The summed E-state index contributed by atoms with van der Waals surface area (Å²) in [7, 11) is 1.79. The molecule has 178 valence electrons. The molecule has 34 heavy (non-hydrogen) atoms. The first kappa shape index (κ1) is 22.6. The maximum atomic E-state index is 14.9. The zero-order chi connectivity index (χ0) is 24.4. The molecule has 2 aliphatic rings. The summed E-state index contributed by atoms with van der Waals surface area (Å²) in [6.45, 7) is 4.24. The zero-order valence-electron chi connectivity index (χ0n) is 19.7. The molecule has 5 nitrogen and oxygen atoms in total. The van der Waals surface area contributed by atoms with Gasteiger partial charge >= 0.3 is 0 Å². The Kier molecular flexibility index (Phi) is 5.11. The first-order valence-corrected chi connectivity index (χ1v) is 11.6. The number of carbonyl (C=O) groups is 1. The fraction of sp³-hybridized carbons (Fsp3) is 0.423. The van der Waals surface area contributed by atoms with E-state index >= 15 is 0 Å². The van der Waals surface area contributed by atoms with E-state index in [2.05, 4.69) is 21.6 Å². The highest BCUT2D eigenvalue weighted by molar-refractivity contribution is 6.11. The van der Waals surface area contributed by atoms with Gasteiger partial charge in [-0.1, -0.05) is 31.0 Å². The van der Waals surface area contributed by atoms with Gasteiger partial charge in [-0.25, -0.2) is 13.2 Å². The van der Waals surface area contributed by atoms with Crippen molar-refractivity contribution >= 4 is 28.2 Å². The number of aryl methyl sites for hydroxylation is 1. The van der Waals surface area contributed by atoms with E-state index in [1.54, 1.807) is 18.9 Å². The van der Waals surface area contributed by atoms with Crippen molar-refractivity contribution in [3.63, 3.8) is 0 Å². The minimum Gasteiger partial charge on any atom is -0.361 e. The Bertz CT molecular complexity index is 1310. The Morgan fingerprint density at radius 1 is 1.15 bits per heavy atom. The van der Waals surface area contributed by atoms with Crippen LogP contribution in [0.15, 0.2) is 30.3 Å². The fourth-order valence-electron chi connectivity index (χ4n) is 5.60. The zero-order valence-corrected chi connectivity index (χ0v) is 19.7. The van der Waals surface area contributed by atoms with Gasteiger partial charge in [-0.2, -0.15) is 5.10 Å². The molecule has 1 atom stereocenters. The highest BCUT2D eigenvalue weighted by Gasteiger charge is 2.51. The summed E-state index contributed by atoms with van der Waals surface area (Å²) >= 11 is 0. The van der Waals surface area contributed by atoms with Crippen molar-refractivity contribution in [2.45, 2.75) is 63.8 Å². The summed E-state index contributed by atoms with van der Waals surface area (Å²) in [5, 5.41) is 13.4. The van der Waals surface area contributed by atoms with Crippen LogP contribution in [0.2, 0.25) is 0 Å². The normalized spacial score (nSPS) is 18.1. The van der Waals surface area contributed by atoms with Gasteiger partial charge in [0.1, 0.15) is 5.82 Å². The van der Waals surface area contributed by atoms with Crippen molar-refractivity contribution in [2.75, 3.05) is 17.3 Å². The van der Waals surface area contributed by atoms with E-state index in [1.165, 1.54) is 12.1 Å². The van der Waals surface area contributed by atoms with Crippen molar-refractivity contribution in [3.8, 4) is 0 Å². The smallest absolute Gasteiger partial charge is 0.273 e. The predicted octanol–water partition coefficient (Wildman–Crippen LogP) is 6.15. The quantitative estimate of drug-likeness (QED) is 0.499. The van der Waals surface area contributed by atoms with Crippen LogP contribution in [0, 0.1) is 12.7 Å². The van der Waals surface area contributed by atoms with Gasteiger partial charge < -0.3 is 10.2 Å². The highest BCUT2D eigenvalue weighted by atomic mass is 19.3. The lowest BCUT2D eigenvalue weighted by atomic mass is 9.79. The SMILES string of the molecule is Cc1nnc(NC(C)c2cccc(C(C)(F)F)c2F)c2cc3c(cc12)C1(CCCC1)C(=O)N3C. The molecule has 1 aromatic heterocycles. The third-order valence-corrected chi connectivity index (χ3v) is 7.45. The molecule has 1 fully saturated rings. The Morgan fingerprint density at radius 2 is 1.85 bits per heavy atom. The van der Waals surface area contributed by atoms with Crippen molar-refractivity contribution in [3.05, 3.63) is 58.5 Å². The van der Waals surface area contributed by atoms with E-state index in [9.17, 15) is 18.0 Å². The first-order valence-electron chi connectivity index (χ1n) is 11.6. The van der Waals surface area contributed by atoms with E-state index < -0.39 is 28.8 Å². The molecule has 2 aromatic carbocycles. The molecule has 0 radical (unpaired) electrons. The molecule has 1 spiro atoms. The molecule has 8 heteroatoms. The lowest BCUT2D eigenvalue weighted by molar-refractivity contribution is -0.122. The third-order valence-electron chi connectivity index (χ3n) is 7.45. The summed E-state index contributed by atoms with van der Waals surface area (Å²) in [5.41, 5.74) is 1.62. The number of rotatable bonds is 4. The van der Waals surface area contributed by atoms with E-state index in [0.29, 0.717) is 12.7 Å². The lowest BCUT2D eigenvalue weighted by Crippen LogP contribution is -2.36. The van der Waals surface area contributed by atoms with Crippen LogP contribution in [-0.2, 0) is 16.1 Å². The molecule has 1 unspecified atom stereocenters. The number of amides is 1. The molecule has 3 aromatic rings. The van der Waals surface area contributed by atoms with Crippen molar-refractivity contribution < 1.29 is 18.0 Å². The molecular formula is C26H27F3N4O. The first-order chi connectivity index (χ1) is 16.0. The standard InChI is InChI=1S/C26H27F3N4O/c1-14(16-8-7-9-19(22(16)27)25(3,28)29)30-23-18-13-21-20(12-17(18)15(2)31-32-23)26(10-5-6-11-26)24(34)33(21)4/h7-9,12-14H,5-6,10-11H2,1-4H3,(H,30,32). The maximum absolute atomic E-state index is 14.9. The summed E-state index contributed by atoms with van der Waals surface area (Å²) < 4.78 is 42.6. The Hall–Kier alpha value is -3.16. The number of hydrogen-bond donors (Lipinski definition) is 1. The van der Waals surface area contributed by atoms with Crippen molar-refractivity contribution in [1.82, 2.24) is 10.2 Å². The van der Waals surface area contributed by atoms with Crippen LogP contribution in [0.3, 0.4) is 0 Å². The number of benzene rings is 2. The summed E-state index contributed by atoms with van der Waals surface area (Å²) in [4.78, 5) is 14.9. The number of nitrogens with one attached hydrogen (secondary N) is 1. The second kappa shape index (κ2) is 7.68. The van der Waals surface area contributed by atoms with Gasteiger partial charge in [0, 0.05) is 36.0 Å². The van der Waals surface area contributed by atoms with Crippen LogP contribution in [0.5, 0.6) is 0 Å². The molecule has 1 aliphatic heterocycles. The number of nitrogens with zero attached hydrogens (tertiary/aromatic N) is 3. The second-order valence-electron chi connectivity index (χ2n) is 9.67. The molecule has 0 bridgehead atoms. The highest BCUT2D eigenvalue weighted by Crippen LogP contribution is 2.52. The molecule has 1 amide bonds. The number of anilines is 2. The van der Waals surface area contributed by atoms with Crippen LogP contribution < -0.4 is 10.2 Å². The Morgan fingerprint density at radius 3 is 2.53 bits per heavy atom. The minimum atomic E-state index is -3.29. The second-order valence-corrected chi connectivity index (χ2v) is 9.67. The van der Waals surface area contributed by atoms with Crippen LogP contribution in [0.1, 0.15) is 68.0 Å². The van der Waals surface area contributed by atoms with Gasteiger partial charge in [0.2, 0.25) is 5.91 Å². The molecule has 0 saturated heterocycles. The van der Waals surface area contributed by atoms with Gasteiger partial charge in [-0.3, -0.25) is 4.79 Å². The largest absolute Gasteiger partial charge is 0.361 e. The predicted molar refractivity (Wildman–Crippen MR) is 126 cm³/mol. The number of halogens is 3. The maximum Gasteiger partial charge on any atom is 0.273 e. The number of fused-ring (bicyclic) bond motifs is 3. The lowest BCUT2D eigenvalue weighted by Gasteiger charge is -2.22. The van der Waals surface area contributed by atoms with E-state index in [0.717, 1.165) is 59.5 Å². The minimum absolute atomic E-state index is 0.118. The van der Waals surface area contributed by atoms with Gasteiger partial charge in [0.05, 0.1) is 22.7 Å². The van der Waals surface area contributed by atoms with Crippen molar-refractivity contribution in [2.24, 2.45) is 0 Å². The van der Waals surface area contributed by atoms with Gasteiger partial charge in [-0.15, -0.1) is 5.10 Å². The van der Waals surface area contributed by atoms with Gasteiger partial charge in [-0.05, 0) is 44.4 Å². The van der Waals surface area contributed by atoms with Gasteiger partial charge in [0.25, 0.3) is 5.92 Å². The summed E-state index contributed by atoms with van der Waals surface area (Å²) in [6, 6.07) is 7.37. The van der Waals surface area contributed by atoms with Crippen LogP contribution >= 0.6 is 0 Å². The van der Waals surface area contributed by atoms with Crippen LogP contribution in [-0.4, -0.2) is 23.2 Å². The molecule has 1 saturated carbocycles. The van der Waals surface area contributed by atoms with Crippen LogP contribution in [0.25, 0.3) is 10.8 Å². The van der Waals surface area contributed by atoms with Crippen LogP contribution in [0.4, 0.5) is 24.7 Å². The molecule has 1 aliphatic carbocycles. The molecular weight excluding hydrogens is 441 g/mol. The number of alkyl halides is 2. The van der Waals surface area contributed by atoms with E-state index in [4.69, 9.17) is 0 Å². The summed E-state index contributed by atoms with van der Waals surface area (Å²) in [6.07, 6.45) is 3.73. The third kappa shape index (κ3) is 3.26.